The number of anilines is 1. The normalized spacial score (nSPS) is 16.4. The molecule has 0 bridgehead atoms. The highest BCUT2D eigenvalue weighted by Gasteiger charge is 2.29. The Labute approximate surface area is 141 Å². The van der Waals surface area contributed by atoms with Gasteiger partial charge in [0.05, 0.1) is 4.90 Å². The van der Waals surface area contributed by atoms with Gasteiger partial charge in [0.2, 0.25) is 10.0 Å². The van der Waals surface area contributed by atoms with Crippen LogP contribution in [0.1, 0.15) is 11.1 Å². The van der Waals surface area contributed by atoms with Crippen molar-refractivity contribution in [1.29, 1.82) is 0 Å². The summed E-state index contributed by atoms with van der Waals surface area (Å²) in [7, 11) is -3.60. The average Bonchev–Trinajstić information content (AvgIpc) is 2.57. The highest BCUT2D eigenvalue weighted by atomic mass is 32.2. The van der Waals surface area contributed by atoms with Crippen LogP contribution in [0.5, 0.6) is 0 Å². The first-order valence-electron chi connectivity index (χ1n) is 7.82. The van der Waals surface area contributed by atoms with Crippen LogP contribution in [0.15, 0.2) is 41.4 Å². The van der Waals surface area contributed by atoms with Crippen LogP contribution in [0.4, 0.5) is 10.2 Å². The summed E-state index contributed by atoms with van der Waals surface area (Å²) >= 11 is 0. The van der Waals surface area contributed by atoms with Crippen molar-refractivity contribution in [3.63, 3.8) is 0 Å². The summed E-state index contributed by atoms with van der Waals surface area (Å²) in [5, 5.41) is 0. The van der Waals surface area contributed by atoms with Gasteiger partial charge in [-0.3, -0.25) is 0 Å². The van der Waals surface area contributed by atoms with Crippen LogP contribution >= 0.6 is 0 Å². The summed E-state index contributed by atoms with van der Waals surface area (Å²) in [4.78, 5) is 6.57. The Bertz CT molecular complexity index is 847. The van der Waals surface area contributed by atoms with Crippen molar-refractivity contribution in [2.75, 3.05) is 31.1 Å². The van der Waals surface area contributed by atoms with Gasteiger partial charge in [0.15, 0.2) is 0 Å². The van der Waals surface area contributed by atoms with Crippen LogP contribution < -0.4 is 4.90 Å². The van der Waals surface area contributed by atoms with Crippen LogP contribution in [0, 0.1) is 19.7 Å². The maximum atomic E-state index is 13.4. The molecule has 1 fully saturated rings. The minimum absolute atomic E-state index is 0.142. The second-order valence-electron chi connectivity index (χ2n) is 5.99. The fourth-order valence-electron chi connectivity index (χ4n) is 2.78. The van der Waals surface area contributed by atoms with Crippen LogP contribution in [-0.4, -0.2) is 43.9 Å². The van der Waals surface area contributed by atoms with Gasteiger partial charge in [-0.15, -0.1) is 0 Å². The molecule has 1 aliphatic rings. The van der Waals surface area contributed by atoms with E-state index in [0.717, 1.165) is 11.4 Å². The summed E-state index contributed by atoms with van der Waals surface area (Å²) in [6.07, 6.45) is 1.76. The fraction of sp³-hybridized carbons (Fsp3) is 0.353. The summed E-state index contributed by atoms with van der Waals surface area (Å²) in [6, 6.07) is 7.84. The standard InChI is InChI=1S/C17H20FN3O2S/c1-13-5-6-19-17(11-13)20-7-9-21(10-8-20)24(22,23)15-3-4-16(18)14(2)12-15/h3-6,11-12H,7-10H2,1-2H3. The van der Waals surface area contributed by atoms with Crippen molar-refractivity contribution in [3.05, 3.63) is 53.5 Å². The number of hydrogen-bond acceptors (Lipinski definition) is 4. The average molecular weight is 349 g/mol. The lowest BCUT2D eigenvalue weighted by Gasteiger charge is -2.34. The van der Waals surface area contributed by atoms with Gasteiger partial charge in [-0.2, -0.15) is 4.31 Å². The number of benzene rings is 1. The molecule has 0 atom stereocenters. The first-order chi connectivity index (χ1) is 11.4. The SMILES string of the molecule is Cc1ccnc(N2CCN(S(=O)(=O)c3ccc(F)c(C)c3)CC2)c1. The van der Waals surface area contributed by atoms with E-state index in [-0.39, 0.29) is 4.90 Å². The number of pyridine rings is 1. The van der Waals surface area contributed by atoms with Crippen LogP contribution in [0.25, 0.3) is 0 Å². The number of piperazine rings is 1. The molecule has 0 N–H and O–H groups in total. The number of nitrogens with zero attached hydrogens (tertiary/aromatic N) is 3. The summed E-state index contributed by atoms with van der Waals surface area (Å²) < 4.78 is 40.3. The minimum atomic E-state index is -3.60. The third kappa shape index (κ3) is 3.27. The predicted octanol–water partition coefficient (Wildman–Crippen LogP) is 2.35. The number of aryl methyl sites for hydroxylation is 2. The van der Waals surface area contributed by atoms with Gasteiger partial charge in [-0.05, 0) is 55.3 Å². The number of hydrogen-bond donors (Lipinski definition) is 0. The van der Waals surface area contributed by atoms with E-state index in [2.05, 4.69) is 9.88 Å². The van der Waals surface area contributed by atoms with E-state index in [1.54, 1.807) is 13.1 Å². The molecule has 0 aliphatic carbocycles. The molecule has 128 valence electrons. The second kappa shape index (κ2) is 6.49. The molecule has 5 nitrogen and oxygen atoms in total. The molecule has 1 aromatic carbocycles. The van der Waals surface area contributed by atoms with Crippen molar-refractivity contribution in [1.82, 2.24) is 9.29 Å². The van der Waals surface area contributed by atoms with Gasteiger partial charge in [0, 0.05) is 32.4 Å². The maximum absolute atomic E-state index is 13.4. The number of rotatable bonds is 3. The molecule has 0 saturated carbocycles. The molecular formula is C17H20FN3O2S. The molecule has 3 rings (SSSR count). The Morgan fingerprint density at radius 3 is 2.38 bits per heavy atom. The molecule has 7 heteroatoms. The molecule has 1 saturated heterocycles. The van der Waals surface area contributed by atoms with Crippen molar-refractivity contribution in [2.45, 2.75) is 18.7 Å². The molecule has 0 radical (unpaired) electrons. The highest BCUT2D eigenvalue weighted by molar-refractivity contribution is 7.89. The number of halogens is 1. The van der Waals surface area contributed by atoms with E-state index in [4.69, 9.17) is 0 Å². The van der Waals surface area contributed by atoms with Gasteiger partial charge in [0.1, 0.15) is 11.6 Å². The van der Waals surface area contributed by atoms with E-state index in [0.29, 0.717) is 31.7 Å². The third-order valence-corrected chi connectivity index (χ3v) is 6.13. The second-order valence-corrected chi connectivity index (χ2v) is 7.93. The largest absolute Gasteiger partial charge is 0.354 e. The molecule has 1 aromatic heterocycles. The van der Waals surface area contributed by atoms with E-state index >= 15 is 0 Å². The Kier molecular flexibility index (Phi) is 4.56. The van der Waals surface area contributed by atoms with E-state index in [1.807, 2.05) is 19.1 Å². The third-order valence-electron chi connectivity index (χ3n) is 4.23. The monoisotopic (exact) mass is 349 g/mol. The quantitative estimate of drug-likeness (QED) is 0.854. The predicted molar refractivity (Wildman–Crippen MR) is 91.1 cm³/mol. The lowest BCUT2D eigenvalue weighted by molar-refractivity contribution is 0.383. The van der Waals surface area contributed by atoms with Crippen molar-refractivity contribution < 1.29 is 12.8 Å². The maximum Gasteiger partial charge on any atom is 0.243 e. The number of aromatic nitrogens is 1. The van der Waals surface area contributed by atoms with Gasteiger partial charge in [-0.25, -0.2) is 17.8 Å². The first kappa shape index (κ1) is 16.9. The molecule has 2 heterocycles. The van der Waals surface area contributed by atoms with E-state index in [9.17, 15) is 12.8 Å². The lowest BCUT2D eigenvalue weighted by atomic mass is 10.2. The Morgan fingerprint density at radius 2 is 1.75 bits per heavy atom. The van der Waals surface area contributed by atoms with Gasteiger partial charge >= 0.3 is 0 Å². The topological polar surface area (TPSA) is 53.5 Å². The van der Waals surface area contributed by atoms with Gasteiger partial charge in [0.25, 0.3) is 0 Å². The Hall–Kier alpha value is -1.99. The first-order valence-corrected chi connectivity index (χ1v) is 9.26. The molecule has 2 aromatic rings. The summed E-state index contributed by atoms with van der Waals surface area (Å²) in [5.41, 5.74) is 1.45. The molecule has 0 amide bonds. The number of sulfonamides is 1. The van der Waals surface area contributed by atoms with Crippen LogP contribution in [0.2, 0.25) is 0 Å². The molecule has 24 heavy (non-hydrogen) atoms. The smallest absolute Gasteiger partial charge is 0.243 e. The Balaban J connectivity index is 1.74. The zero-order chi connectivity index (χ0) is 17.3. The zero-order valence-electron chi connectivity index (χ0n) is 13.7. The molecular weight excluding hydrogens is 329 g/mol. The molecule has 0 unspecified atom stereocenters. The fourth-order valence-corrected chi connectivity index (χ4v) is 4.29. The van der Waals surface area contributed by atoms with E-state index in [1.165, 1.54) is 22.5 Å². The lowest BCUT2D eigenvalue weighted by Crippen LogP contribution is -2.48. The van der Waals surface area contributed by atoms with Gasteiger partial charge in [-0.1, -0.05) is 0 Å². The van der Waals surface area contributed by atoms with Crippen molar-refractivity contribution in [2.24, 2.45) is 0 Å². The highest BCUT2D eigenvalue weighted by Crippen LogP contribution is 2.22. The van der Waals surface area contributed by atoms with E-state index < -0.39 is 15.8 Å². The summed E-state index contributed by atoms with van der Waals surface area (Å²) in [5.74, 6) is 0.467. The van der Waals surface area contributed by atoms with Gasteiger partial charge < -0.3 is 4.90 Å². The van der Waals surface area contributed by atoms with Crippen LogP contribution in [-0.2, 0) is 10.0 Å². The summed E-state index contributed by atoms with van der Waals surface area (Å²) in [6.45, 7) is 5.49. The molecule has 1 aliphatic heterocycles. The minimum Gasteiger partial charge on any atom is -0.354 e. The van der Waals surface area contributed by atoms with Crippen molar-refractivity contribution in [3.8, 4) is 0 Å². The van der Waals surface area contributed by atoms with Crippen LogP contribution in [0.3, 0.4) is 0 Å². The van der Waals surface area contributed by atoms with Crippen molar-refractivity contribution >= 4 is 15.8 Å². The Morgan fingerprint density at radius 1 is 1.04 bits per heavy atom. The zero-order valence-corrected chi connectivity index (χ0v) is 14.6. The molecule has 0 spiro atoms.